The molecule has 5 nitrogen and oxygen atoms in total. The minimum atomic E-state index is 0. The molecule has 1 aromatic heterocycles. The maximum Gasteiger partial charge on any atom is 0.274 e. The summed E-state index contributed by atoms with van der Waals surface area (Å²) >= 11 is 0. The monoisotopic (exact) mass is 374 g/mol. The Hall–Kier alpha value is -1.85. The van der Waals surface area contributed by atoms with E-state index in [9.17, 15) is 4.79 Å². The zero-order valence-electron chi connectivity index (χ0n) is 15.5. The van der Waals surface area contributed by atoms with Gasteiger partial charge in [0.15, 0.2) is 5.69 Å². The number of nitrogens with two attached hydrogens (primary N) is 1. The molecular formula is C20H27ClN4O. The van der Waals surface area contributed by atoms with Crippen molar-refractivity contribution in [3.63, 3.8) is 0 Å². The highest BCUT2D eigenvalue weighted by molar-refractivity contribution is 5.94. The van der Waals surface area contributed by atoms with E-state index in [4.69, 9.17) is 10.8 Å². The third-order valence-electron chi connectivity index (χ3n) is 5.81. The lowest BCUT2D eigenvalue weighted by molar-refractivity contribution is 0.0769. The Morgan fingerprint density at radius 3 is 2.77 bits per heavy atom. The number of fused-ring (bicyclic) bond motifs is 1. The molecule has 1 saturated heterocycles. The van der Waals surface area contributed by atoms with Gasteiger partial charge in [-0.2, -0.15) is 5.10 Å². The summed E-state index contributed by atoms with van der Waals surface area (Å²) in [6.45, 7) is 6.38. The third kappa shape index (κ3) is 3.03. The fourth-order valence-electron chi connectivity index (χ4n) is 4.12. The molecule has 140 valence electrons. The van der Waals surface area contributed by atoms with Crippen LogP contribution in [0.3, 0.4) is 0 Å². The zero-order valence-corrected chi connectivity index (χ0v) is 16.3. The van der Waals surface area contributed by atoms with Gasteiger partial charge in [-0.15, -0.1) is 12.4 Å². The lowest BCUT2D eigenvalue weighted by atomic mass is 9.90. The molecule has 2 aromatic rings. The molecule has 1 aromatic carbocycles. The third-order valence-corrected chi connectivity index (χ3v) is 5.81. The molecular weight excluding hydrogens is 348 g/mol. The van der Waals surface area contributed by atoms with Gasteiger partial charge < -0.3 is 10.6 Å². The van der Waals surface area contributed by atoms with Crippen LogP contribution in [0.4, 0.5) is 0 Å². The Bertz CT molecular complexity index is 831. The number of para-hydroxylation sites is 1. The average Bonchev–Trinajstić information content (AvgIpc) is 3.30. The van der Waals surface area contributed by atoms with E-state index in [1.54, 1.807) is 0 Å². The Labute approximate surface area is 161 Å². The first-order chi connectivity index (χ1) is 12.0. The van der Waals surface area contributed by atoms with E-state index in [1.807, 2.05) is 21.7 Å². The SMILES string of the molecule is Cc1ccccc1-n1nc(C(=O)N2CCC(C)(CN)C2)c2c1CCC2.Cl. The minimum absolute atomic E-state index is 0. The average molecular weight is 375 g/mol. The summed E-state index contributed by atoms with van der Waals surface area (Å²) in [5, 5.41) is 4.78. The van der Waals surface area contributed by atoms with E-state index in [2.05, 4.69) is 26.0 Å². The molecule has 6 heteroatoms. The van der Waals surface area contributed by atoms with E-state index >= 15 is 0 Å². The second kappa shape index (κ2) is 7.05. The Balaban J connectivity index is 0.00000196. The number of benzene rings is 1. The van der Waals surface area contributed by atoms with Crippen LogP contribution in [0.5, 0.6) is 0 Å². The maximum atomic E-state index is 13.1. The molecule has 1 aliphatic carbocycles. The van der Waals surface area contributed by atoms with Gasteiger partial charge in [-0.3, -0.25) is 4.79 Å². The number of nitrogens with zero attached hydrogens (tertiary/aromatic N) is 3. The van der Waals surface area contributed by atoms with Gasteiger partial charge in [-0.1, -0.05) is 25.1 Å². The van der Waals surface area contributed by atoms with Gasteiger partial charge in [-0.05, 0) is 56.2 Å². The molecule has 1 fully saturated rings. The van der Waals surface area contributed by atoms with Crippen LogP contribution in [-0.4, -0.2) is 40.2 Å². The molecule has 0 bridgehead atoms. The number of hydrogen-bond acceptors (Lipinski definition) is 3. The molecule has 1 aliphatic heterocycles. The number of hydrogen-bond donors (Lipinski definition) is 1. The number of amides is 1. The van der Waals surface area contributed by atoms with Crippen LogP contribution in [0.2, 0.25) is 0 Å². The van der Waals surface area contributed by atoms with Gasteiger partial charge in [0.2, 0.25) is 0 Å². The van der Waals surface area contributed by atoms with E-state index < -0.39 is 0 Å². The minimum Gasteiger partial charge on any atom is -0.337 e. The molecule has 2 N–H and O–H groups in total. The summed E-state index contributed by atoms with van der Waals surface area (Å²) in [6.07, 6.45) is 4.00. The number of carbonyl (C=O) groups excluding carboxylic acids is 1. The second-order valence-corrected chi connectivity index (χ2v) is 7.82. The highest BCUT2D eigenvalue weighted by Crippen LogP contribution is 2.33. The summed E-state index contributed by atoms with van der Waals surface area (Å²) in [5.41, 5.74) is 11.2. The molecule has 0 spiro atoms. The first-order valence-electron chi connectivity index (χ1n) is 9.18. The van der Waals surface area contributed by atoms with E-state index in [1.165, 1.54) is 11.3 Å². The molecule has 4 rings (SSSR count). The lowest BCUT2D eigenvalue weighted by Crippen LogP contribution is -2.35. The van der Waals surface area contributed by atoms with Gasteiger partial charge in [0, 0.05) is 24.3 Å². The van der Waals surface area contributed by atoms with Gasteiger partial charge >= 0.3 is 0 Å². The predicted molar refractivity (Wildman–Crippen MR) is 105 cm³/mol. The highest BCUT2D eigenvalue weighted by atomic mass is 35.5. The Morgan fingerprint density at radius 1 is 1.31 bits per heavy atom. The molecule has 2 aliphatic rings. The number of likely N-dealkylation sites (tertiary alicyclic amines) is 1. The first kappa shape index (κ1) is 18.9. The van der Waals surface area contributed by atoms with E-state index in [0.717, 1.165) is 50.0 Å². The van der Waals surface area contributed by atoms with Crippen molar-refractivity contribution < 1.29 is 4.79 Å². The van der Waals surface area contributed by atoms with Gasteiger partial charge in [0.25, 0.3) is 5.91 Å². The Kier molecular flexibility index (Phi) is 5.13. The van der Waals surface area contributed by atoms with Crippen LogP contribution in [0.25, 0.3) is 5.69 Å². The van der Waals surface area contributed by atoms with Crippen LogP contribution in [0, 0.1) is 12.3 Å². The normalized spacial score (nSPS) is 21.6. The molecule has 2 heterocycles. The molecule has 1 amide bonds. The highest BCUT2D eigenvalue weighted by Gasteiger charge is 2.38. The molecule has 0 saturated carbocycles. The van der Waals surface area contributed by atoms with Crippen LogP contribution < -0.4 is 5.73 Å². The summed E-state index contributed by atoms with van der Waals surface area (Å²) in [6, 6.07) is 8.23. The number of rotatable bonds is 3. The smallest absolute Gasteiger partial charge is 0.274 e. The summed E-state index contributed by atoms with van der Waals surface area (Å²) in [5.74, 6) is 0.0719. The van der Waals surface area contributed by atoms with Crippen LogP contribution in [0.15, 0.2) is 24.3 Å². The number of aryl methyl sites for hydroxylation is 1. The molecule has 1 atom stereocenters. The quantitative estimate of drug-likeness (QED) is 0.898. The van der Waals surface area contributed by atoms with Crippen molar-refractivity contribution in [2.24, 2.45) is 11.1 Å². The number of aromatic nitrogens is 2. The predicted octanol–water partition coefficient (Wildman–Crippen LogP) is 2.90. The summed E-state index contributed by atoms with van der Waals surface area (Å²) < 4.78 is 2.00. The van der Waals surface area contributed by atoms with Crippen molar-refractivity contribution in [2.75, 3.05) is 19.6 Å². The largest absolute Gasteiger partial charge is 0.337 e. The second-order valence-electron chi connectivity index (χ2n) is 7.82. The fraction of sp³-hybridized carbons (Fsp3) is 0.500. The zero-order chi connectivity index (χ0) is 17.6. The van der Waals surface area contributed by atoms with Crippen molar-refractivity contribution in [1.82, 2.24) is 14.7 Å². The van der Waals surface area contributed by atoms with E-state index in [0.29, 0.717) is 12.2 Å². The van der Waals surface area contributed by atoms with Crippen LogP contribution in [-0.2, 0) is 12.8 Å². The van der Waals surface area contributed by atoms with Crippen molar-refractivity contribution in [3.05, 3.63) is 46.8 Å². The van der Waals surface area contributed by atoms with Crippen molar-refractivity contribution in [3.8, 4) is 5.69 Å². The maximum absolute atomic E-state index is 13.1. The van der Waals surface area contributed by atoms with E-state index in [-0.39, 0.29) is 23.7 Å². The van der Waals surface area contributed by atoms with Gasteiger partial charge in [0.05, 0.1) is 5.69 Å². The van der Waals surface area contributed by atoms with Crippen LogP contribution >= 0.6 is 12.4 Å². The number of halogens is 1. The van der Waals surface area contributed by atoms with Crippen molar-refractivity contribution in [1.29, 1.82) is 0 Å². The van der Waals surface area contributed by atoms with Crippen molar-refractivity contribution in [2.45, 2.75) is 39.5 Å². The molecule has 0 radical (unpaired) electrons. The molecule has 26 heavy (non-hydrogen) atoms. The topological polar surface area (TPSA) is 64.2 Å². The van der Waals surface area contributed by atoms with Crippen LogP contribution in [0.1, 0.15) is 47.1 Å². The first-order valence-corrected chi connectivity index (χ1v) is 9.18. The van der Waals surface area contributed by atoms with Gasteiger partial charge in [0.1, 0.15) is 0 Å². The fourth-order valence-corrected chi connectivity index (χ4v) is 4.12. The molecule has 1 unspecified atom stereocenters. The summed E-state index contributed by atoms with van der Waals surface area (Å²) in [7, 11) is 0. The lowest BCUT2D eigenvalue weighted by Gasteiger charge is -2.22. The van der Waals surface area contributed by atoms with Gasteiger partial charge in [-0.25, -0.2) is 4.68 Å². The van der Waals surface area contributed by atoms with Crippen molar-refractivity contribution >= 4 is 18.3 Å². The summed E-state index contributed by atoms with van der Waals surface area (Å²) in [4.78, 5) is 15.1. The number of carbonyl (C=O) groups is 1. The standard InChI is InChI=1S/C20H26N4O.ClH/c1-14-6-3-4-8-16(14)24-17-9-5-7-15(17)18(22-24)19(25)23-11-10-20(2,12-21)13-23;/h3-4,6,8H,5,7,9-13,21H2,1-2H3;1H. The Morgan fingerprint density at radius 2 is 2.08 bits per heavy atom.